The second-order valence-corrected chi connectivity index (χ2v) is 7.64. The summed E-state index contributed by atoms with van der Waals surface area (Å²) in [4.78, 5) is 25.2. The van der Waals surface area contributed by atoms with E-state index in [2.05, 4.69) is 26.8 Å². The molecular weight excluding hydrogens is 415 g/mol. The molecule has 1 N–H and O–H groups in total. The highest BCUT2D eigenvalue weighted by molar-refractivity contribution is 7.15. The molecule has 0 unspecified atom stereocenters. The minimum absolute atomic E-state index is 0.0117. The number of ether oxygens (including phenoxy) is 1. The van der Waals surface area contributed by atoms with Crippen LogP contribution in [0.1, 0.15) is 24.8 Å². The SMILES string of the molecule is C=CCOC(=O)Nc1cccc(-c2nc(C(C)C)sc2-c2ccnc(Cl)n2)c1F. The monoisotopic (exact) mass is 432 g/mol. The first-order valence-electron chi connectivity index (χ1n) is 8.74. The van der Waals surface area contributed by atoms with E-state index in [1.165, 1.54) is 29.7 Å². The number of benzene rings is 1. The molecule has 0 fully saturated rings. The van der Waals surface area contributed by atoms with Crippen LogP contribution in [-0.2, 0) is 4.74 Å². The number of hydrogen-bond acceptors (Lipinski definition) is 6. The molecule has 0 aliphatic rings. The number of anilines is 1. The second-order valence-electron chi connectivity index (χ2n) is 6.27. The van der Waals surface area contributed by atoms with E-state index in [-0.39, 0.29) is 29.1 Å². The Bertz CT molecular complexity index is 1050. The lowest BCUT2D eigenvalue weighted by molar-refractivity contribution is 0.174. The van der Waals surface area contributed by atoms with Gasteiger partial charge in [0.2, 0.25) is 5.28 Å². The molecule has 0 saturated carbocycles. The second kappa shape index (κ2) is 9.11. The van der Waals surface area contributed by atoms with Gasteiger partial charge >= 0.3 is 6.09 Å². The Morgan fingerprint density at radius 3 is 2.86 bits per heavy atom. The Kier molecular flexibility index (Phi) is 6.56. The number of aromatic nitrogens is 3. The van der Waals surface area contributed by atoms with Crippen molar-refractivity contribution >= 4 is 34.7 Å². The fourth-order valence-corrected chi connectivity index (χ4v) is 3.69. The van der Waals surface area contributed by atoms with E-state index in [9.17, 15) is 4.79 Å². The minimum atomic E-state index is -0.773. The number of carbonyl (C=O) groups excluding carboxylic acids is 1. The molecule has 1 amide bonds. The number of amides is 1. The van der Waals surface area contributed by atoms with Crippen LogP contribution in [0.4, 0.5) is 14.9 Å². The summed E-state index contributed by atoms with van der Waals surface area (Å²) in [7, 11) is 0. The highest BCUT2D eigenvalue weighted by Crippen LogP contribution is 2.40. The van der Waals surface area contributed by atoms with Gasteiger partial charge in [-0.25, -0.2) is 24.1 Å². The molecule has 0 aliphatic heterocycles. The minimum Gasteiger partial charge on any atom is -0.445 e. The molecular formula is C20H18ClFN4O2S. The van der Waals surface area contributed by atoms with Crippen molar-refractivity contribution in [1.29, 1.82) is 0 Å². The van der Waals surface area contributed by atoms with E-state index < -0.39 is 11.9 Å². The van der Waals surface area contributed by atoms with E-state index in [0.717, 1.165) is 5.01 Å². The Balaban J connectivity index is 2.07. The van der Waals surface area contributed by atoms with Crippen molar-refractivity contribution < 1.29 is 13.9 Å². The maximum atomic E-state index is 15.2. The van der Waals surface area contributed by atoms with Crippen LogP contribution in [-0.4, -0.2) is 27.7 Å². The Morgan fingerprint density at radius 2 is 2.17 bits per heavy atom. The summed E-state index contributed by atoms with van der Waals surface area (Å²) in [5, 5.41) is 3.32. The Hall–Kier alpha value is -2.84. The summed E-state index contributed by atoms with van der Waals surface area (Å²) in [5.74, 6) is -0.479. The molecule has 3 rings (SSSR count). The van der Waals surface area contributed by atoms with E-state index in [0.29, 0.717) is 16.3 Å². The summed E-state index contributed by atoms with van der Waals surface area (Å²) < 4.78 is 20.1. The van der Waals surface area contributed by atoms with Crippen LogP contribution in [0.15, 0.2) is 43.1 Å². The molecule has 2 aromatic heterocycles. The zero-order valence-electron chi connectivity index (χ0n) is 15.8. The average Bonchev–Trinajstić information content (AvgIpc) is 3.13. The summed E-state index contributed by atoms with van der Waals surface area (Å²) in [6, 6.07) is 6.37. The third kappa shape index (κ3) is 4.78. The zero-order chi connectivity index (χ0) is 21.0. The summed E-state index contributed by atoms with van der Waals surface area (Å²) in [5.41, 5.74) is 1.20. The largest absolute Gasteiger partial charge is 0.445 e. The molecule has 29 heavy (non-hydrogen) atoms. The number of thiazole rings is 1. The molecule has 1 aromatic carbocycles. The standard InChI is InChI=1S/C20H18ClFN4O2S/c1-4-10-28-20(27)25-13-7-5-6-12(15(13)22)16-17(29-18(26-16)11(2)3)14-8-9-23-19(21)24-14/h4-9,11H,1,10H2,2-3H3,(H,25,27). The summed E-state index contributed by atoms with van der Waals surface area (Å²) >= 11 is 7.35. The third-order valence-electron chi connectivity index (χ3n) is 3.82. The van der Waals surface area contributed by atoms with Crippen molar-refractivity contribution in [2.75, 3.05) is 11.9 Å². The van der Waals surface area contributed by atoms with E-state index >= 15 is 4.39 Å². The lowest BCUT2D eigenvalue weighted by Crippen LogP contribution is -2.14. The third-order valence-corrected chi connectivity index (χ3v) is 5.38. The molecule has 0 aliphatic carbocycles. The quantitative estimate of drug-likeness (QED) is 0.386. The Morgan fingerprint density at radius 1 is 1.38 bits per heavy atom. The first-order valence-corrected chi connectivity index (χ1v) is 9.93. The van der Waals surface area contributed by atoms with E-state index in [1.54, 1.807) is 18.2 Å². The number of nitrogens with one attached hydrogen (secondary N) is 1. The molecule has 0 saturated heterocycles. The first-order chi connectivity index (χ1) is 13.9. The predicted molar refractivity (Wildman–Crippen MR) is 113 cm³/mol. The van der Waals surface area contributed by atoms with Crippen molar-refractivity contribution in [1.82, 2.24) is 15.0 Å². The van der Waals surface area contributed by atoms with Crippen molar-refractivity contribution in [2.24, 2.45) is 0 Å². The maximum absolute atomic E-state index is 15.2. The van der Waals surface area contributed by atoms with Crippen LogP contribution in [0.3, 0.4) is 0 Å². The van der Waals surface area contributed by atoms with Gasteiger partial charge in [0.15, 0.2) is 5.82 Å². The van der Waals surface area contributed by atoms with Crippen LogP contribution in [0.2, 0.25) is 5.28 Å². The number of rotatable bonds is 6. The van der Waals surface area contributed by atoms with Gasteiger partial charge in [0, 0.05) is 17.7 Å². The van der Waals surface area contributed by atoms with Crippen molar-refractivity contribution in [2.45, 2.75) is 19.8 Å². The highest BCUT2D eigenvalue weighted by atomic mass is 35.5. The summed E-state index contributed by atoms with van der Waals surface area (Å²) in [6.45, 7) is 7.50. The van der Waals surface area contributed by atoms with Gasteiger partial charge in [-0.3, -0.25) is 5.32 Å². The van der Waals surface area contributed by atoms with Crippen LogP contribution in [0.25, 0.3) is 21.8 Å². The number of nitrogens with zero attached hydrogens (tertiary/aromatic N) is 3. The first kappa shape index (κ1) is 20.9. The van der Waals surface area contributed by atoms with Crippen LogP contribution >= 0.6 is 22.9 Å². The topological polar surface area (TPSA) is 77.0 Å². The Labute approximate surface area is 176 Å². The molecule has 0 spiro atoms. The molecule has 150 valence electrons. The van der Waals surface area contributed by atoms with Crippen LogP contribution < -0.4 is 5.32 Å². The van der Waals surface area contributed by atoms with Crippen molar-refractivity contribution in [3.63, 3.8) is 0 Å². The van der Waals surface area contributed by atoms with Crippen molar-refractivity contribution in [3.8, 4) is 21.8 Å². The lowest BCUT2D eigenvalue weighted by Gasteiger charge is -2.10. The number of halogens is 2. The van der Waals surface area contributed by atoms with Gasteiger partial charge in [0.25, 0.3) is 0 Å². The van der Waals surface area contributed by atoms with Gasteiger partial charge in [0.1, 0.15) is 6.61 Å². The molecule has 0 atom stereocenters. The average molecular weight is 433 g/mol. The van der Waals surface area contributed by atoms with Gasteiger partial charge in [-0.15, -0.1) is 11.3 Å². The fraction of sp³-hybridized carbons (Fsp3) is 0.200. The molecule has 3 aromatic rings. The van der Waals surface area contributed by atoms with Gasteiger partial charge in [-0.1, -0.05) is 32.6 Å². The molecule has 6 nitrogen and oxygen atoms in total. The fourth-order valence-electron chi connectivity index (χ4n) is 2.49. The highest BCUT2D eigenvalue weighted by Gasteiger charge is 2.22. The molecule has 0 bridgehead atoms. The van der Waals surface area contributed by atoms with Gasteiger partial charge < -0.3 is 4.74 Å². The van der Waals surface area contributed by atoms with Crippen LogP contribution in [0.5, 0.6) is 0 Å². The van der Waals surface area contributed by atoms with Crippen LogP contribution in [0, 0.1) is 5.82 Å². The number of carbonyl (C=O) groups is 1. The van der Waals surface area contributed by atoms with E-state index in [4.69, 9.17) is 16.3 Å². The zero-order valence-corrected chi connectivity index (χ0v) is 17.4. The lowest BCUT2D eigenvalue weighted by atomic mass is 10.1. The van der Waals surface area contributed by atoms with Gasteiger partial charge in [0.05, 0.1) is 27.0 Å². The predicted octanol–water partition coefficient (Wildman–Crippen LogP) is 5.92. The van der Waals surface area contributed by atoms with Crippen molar-refractivity contribution in [3.05, 3.63) is 59.2 Å². The maximum Gasteiger partial charge on any atom is 0.412 e. The molecule has 2 heterocycles. The summed E-state index contributed by atoms with van der Waals surface area (Å²) in [6.07, 6.45) is 2.19. The van der Waals surface area contributed by atoms with Gasteiger partial charge in [-0.05, 0) is 29.8 Å². The normalized spacial score (nSPS) is 10.8. The number of hydrogen-bond donors (Lipinski definition) is 1. The molecule has 0 radical (unpaired) electrons. The van der Waals surface area contributed by atoms with E-state index in [1.807, 2.05) is 13.8 Å². The smallest absolute Gasteiger partial charge is 0.412 e. The van der Waals surface area contributed by atoms with Gasteiger partial charge in [-0.2, -0.15) is 0 Å². The molecule has 9 heteroatoms.